The van der Waals surface area contributed by atoms with Gasteiger partial charge in [0.1, 0.15) is 29.5 Å². The van der Waals surface area contributed by atoms with Gasteiger partial charge in [0.05, 0.1) is 17.4 Å². The highest BCUT2D eigenvalue weighted by molar-refractivity contribution is 7.99. The van der Waals surface area contributed by atoms with Crippen LogP contribution >= 0.6 is 11.8 Å². The van der Waals surface area contributed by atoms with Crippen LogP contribution in [0.3, 0.4) is 0 Å². The smallest absolute Gasteiger partial charge is 0.248 e. The van der Waals surface area contributed by atoms with Crippen molar-refractivity contribution in [1.82, 2.24) is 10.6 Å². The molecule has 0 fully saturated rings. The maximum Gasteiger partial charge on any atom is 0.248 e. The van der Waals surface area contributed by atoms with E-state index in [2.05, 4.69) is 16.0 Å². The number of hydrogen-bond acceptors (Lipinski definition) is 4. The Kier molecular flexibility index (Phi) is 7.64. The minimum Gasteiger partial charge on any atom is -0.344 e. The van der Waals surface area contributed by atoms with Crippen molar-refractivity contribution in [2.45, 2.75) is 35.6 Å². The summed E-state index contributed by atoms with van der Waals surface area (Å²) in [5, 5.41) is 7.07. The molecule has 186 valence electrons. The molecule has 0 aliphatic carbocycles. The molecule has 0 saturated carbocycles. The second-order valence-corrected chi connectivity index (χ2v) is 9.46. The van der Waals surface area contributed by atoms with Gasteiger partial charge in [-0.1, -0.05) is 30.3 Å². The van der Waals surface area contributed by atoms with Gasteiger partial charge in [0.15, 0.2) is 0 Å². The zero-order valence-electron chi connectivity index (χ0n) is 19.1. The zero-order valence-corrected chi connectivity index (χ0v) is 19.9. The van der Waals surface area contributed by atoms with Crippen LogP contribution in [0, 0.1) is 17.5 Å². The van der Waals surface area contributed by atoms with Gasteiger partial charge in [0, 0.05) is 16.5 Å². The van der Waals surface area contributed by atoms with Gasteiger partial charge in [-0.3, -0.25) is 14.4 Å². The van der Waals surface area contributed by atoms with Gasteiger partial charge in [0.2, 0.25) is 17.7 Å². The number of rotatable bonds is 6. The van der Waals surface area contributed by atoms with Crippen molar-refractivity contribution in [3.8, 4) is 0 Å². The van der Waals surface area contributed by atoms with Gasteiger partial charge in [-0.2, -0.15) is 0 Å². The maximum atomic E-state index is 14.7. The van der Waals surface area contributed by atoms with Crippen LogP contribution in [-0.4, -0.2) is 29.8 Å². The van der Waals surface area contributed by atoms with E-state index < -0.39 is 52.5 Å². The first-order valence-electron chi connectivity index (χ1n) is 11.1. The summed E-state index contributed by atoms with van der Waals surface area (Å²) in [4.78, 5) is 39.2. The SMILES string of the molecule is C[C@H](NC(=O)Cc1cc(F)cc(F)c1)C(=O)N[C@@H]1C(=O)Nc2ccccc2S[C@@H]1c1ccccc1F. The Labute approximate surface area is 209 Å². The lowest BCUT2D eigenvalue weighted by Crippen LogP contribution is -2.53. The quantitative estimate of drug-likeness (QED) is 0.463. The number of amides is 3. The van der Waals surface area contributed by atoms with Gasteiger partial charge in [-0.25, -0.2) is 13.2 Å². The Hall–Kier alpha value is -3.79. The highest BCUT2D eigenvalue weighted by atomic mass is 32.2. The Morgan fingerprint density at radius 2 is 1.67 bits per heavy atom. The fraction of sp³-hybridized carbons (Fsp3) is 0.192. The number of para-hydroxylation sites is 1. The molecule has 3 atom stereocenters. The summed E-state index contributed by atoms with van der Waals surface area (Å²) < 4.78 is 41.5. The number of halogens is 3. The highest BCUT2D eigenvalue weighted by Gasteiger charge is 2.37. The van der Waals surface area contributed by atoms with Gasteiger partial charge < -0.3 is 16.0 Å². The number of hydrogen-bond donors (Lipinski definition) is 3. The van der Waals surface area contributed by atoms with Crippen LogP contribution in [0.4, 0.5) is 18.9 Å². The molecule has 3 N–H and O–H groups in total. The third kappa shape index (κ3) is 5.88. The van der Waals surface area contributed by atoms with Crippen LogP contribution in [0.2, 0.25) is 0 Å². The Balaban J connectivity index is 1.51. The van der Waals surface area contributed by atoms with Crippen LogP contribution < -0.4 is 16.0 Å². The van der Waals surface area contributed by atoms with Crippen molar-refractivity contribution < 1.29 is 27.6 Å². The lowest BCUT2D eigenvalue weighted by Gasteiger charge is -2.26. The number of anilines is 1. The lowest BCUT2D eigenvalue weighted by molar-refractivity contribution is -0.130. The topological polar surface area (TPSA) is 87.3 Å². The molecule has 0 spiro atoms. The van der Waals surface area contributed by atoms with E-state index in [1.165, 1.54) is 30.8 Å². The molecule has 0 unspecified atom stereocenters. The van der Waals surface area contributed by atoms with E-state index in [0.29, 0.717) is 16.6 Å². The minimum absolute atomic E-state index is 0.106. The molecular formula is C26H22F3N3O3S. The molecule has 4 rings (SSSR count). The Morgan fingerprint density at radius 3 is 2.39 bits per heavy atom. The summed E-state index contributed by atoms with van der Waals surface area (Å²) in [6.45, 7) is 1.41. The zero-order chi connectivity index (χ0) is 25.8. The van der Waals surface area contributed by atoms with Crippen molar-refractivity contribution in [1.29, 1.82) is 0 Å². The molecule has 3 aromatic carbocycles. The number of benzene rings is 3. The van der Waals surface area contributed by atoms with Crippen molar-refractivity contribution >= 4 is 35.2 Å². The third-order valence-electron chi connectivity index (χ3n) is 5.55. The van der Waals surface area contributed by atoms with Crippen LogP contribution in [0.25, 0.3) is 0 Å². The second-order valence-electron chi connectivity index (χ2n) is 8.28. The molecule has 6 nitrogen and oxygen atoms in total. The van der Waals surface area contributed by atoms with E-state index in [1.54, 1.807) is 36.4 Å². The Bertz CT molecular complexity index is 1300. The molecule has 10 heteroatoms. The van der Waals surface area contributed by atoms with E-state index >= 15 is 0 Å². The number of carbonyl (C=O) groups excluding carboxylic acids is 3. The van der Waals surface area contributed by atoms with E-state index in [0.717, 1.165) is 12.1 Å². The molecule has 3 aromatic rings. The molecule has 1 heterocycles. The normalized spacial score (nSPS) is 17.8. The van der Waals surface area contributed by atoms with E-state index in [9.17, 15) is 27.6 Å². The molecule has 36 heavy (non-hydrogen) atoms. The number of nitrogens with one attached hydrogen (secondary N) is 3. The lowest BCUT2D eigenvalue weighted by atomic mass is 10.0. The Morgan fingerprint density at radius 1 is 1.00 bits per heavy atom. The summed E-state index contributed by atoms with van der Waals surface area (Å²) >= 11 is 1.23. The summed E-state index contributed by atoms with van der Waals surface area (Å²) in [6.07, 6.45) is -0.348. The average molecular weight is 514 g/mol. The fourth-order valence-corrected chi connectivity index (χ4v) is 5.17. The molecule has 1 aliphatic heterocycles. The van der Waals surface area contributed by atoms with Crippen LogP contribution in [0.1, 0.15) is 23.3 Å². The minimum atomic E-state index is -1.16. The molecule has 0 radical (unpaired) electrons. The van der Waals surface area contributed by atoms with Crippen molar-refractivity contribution in [2.75, 3.05) is 5.32 Å². The third-order valence-corrected chi connectivity index (χ3v) is 6.94. The second kappa shape index (κ2) is 10.9. The first-order valence-corrected chi connectivity index (χ1v) is 11.9. The molecule has 0 saturated heterocycles. The molecular weight excluding hydrogens is 491 g/mol. The number of carbonyl (C=O) groups is 3. The van der Waals surface area contributed by atoms with E-state index in [4.69, 9.17) is 0 Å². The van der Waals surface area contributed by atoms with Crippen molar-refractivity contribution in [3.05, 3.63) is 95.3 Å². The maximum absolute atomic E-state index is 14.7. The largest absolute Gasteiger partial charge is 0.344 e. The van der Waals surface area contributed by atoms with Crippen LogP contribution in [0.5, 0.6) is 0 Å². The first kappa shape index (κ1) is 25.3. The number of fused-ring (bicyclic) bond motifs is 1. The summed E-state index contributed by atoms with van der Waals surface area (Å²) in [6, 6.07) is 13.5. The van der Waals surface area contributed by atoms with Gasteiger partial charge >= 0.3 is 0 Å². The van der Waals surface area contributed by atoms with Crippen LogP contribution in [-0.2, 0) is 20.8 Å². The molecule has 0 aromatic heterocycles. The van der Waals surface area contributed by atoms with Gasteiger partial charge in [0.25, 0.3) is 0 Å². The summed E-state index contributed by atoms with van der Waals surface area (Å²) in [5.74, 6) is -4.02. The predicted octanol–water partition coefficient (Wildman–Crippen LogP) is 4.12. The molecule has 0 bridgehead atoms. The van der Waals surface area contributed by atoms with Crippen molar-refractivity contribution in [2.24, 2.45) is 0 Å². The van der Waals surface area contributed by atoms with E-state index in [-0.39, 0.29) is 17.5 Å². The predicted molar refractivity (Wildman–Crippen MR) is 130 cm³/mol. The standard InChI is InChI=1S/C26H22F3N3O3S/c1-14(30-22(33)12-15-10-16(27)13-17(28)11-15)25(34)32-23-24(18-6-2-3-7-19(18)29)36-21-9-5-4-8-20(21)31-26(23)35/h2-11,13-14,23-24H,12H2,1H3,(H,30,33)(H,31,35)(H,32,34)/t14-,23-,24+/m0/s1. The average Bonchev–Trinajstić information content (AvgIpc) is 2.94. The summed E-state index contributed by atoms with van der Waals surface area (Å²) in [7, 11) is 0. The van der Waals surface area contributed by atoms with Crippen LogP contribution in [0.15, 0.2) is 71.6 Å². The van der Waals surface area contributed by atoms with Gasteiger partial charge in [-0.15, -0.1) is 11.8 Å². The first-order chi connectivity index (χ1) is 17.2. The monoisotopic (exact) mass is 513 g/mol. The summed E-state index contributed by atoms with van der Waals surface area (Å²) in [5.41, 5.74) is 0.883. The molecule has 1 aliphatic rings. The molecule has 3 amide bonds. The number of thioether (sulfide) groups is 1. The fourth-order valence-electron chi connectivity index (χ4n) is 3.85. The van der Waals surface area contributed by atoms with Gasteiger partial charge in [-0.05, 0) is 42.8 Å². The van der Waals surface area contributed by atoms with Crippen molar-refractivity contribution in [3.63, 3.8) is 0 Å². The van der Waals surface area contributed by atoms with E-state index in [1.807, 2.05) is 0 Å². The highest BCUT2D eigenvalue weighted by Crippen LogP contribution is 2.44.